The SMILES string of the molecule is OCC1(c2nc(Cl)ccc2Br)CC1. The minimum Gasteiger partial charge on any atom is -0.395 e. The van der Waals surface area contributed by atoms with Crippen molar-refractivity contribution < 1.29 is 5.11 Å². The van der Waals surface area contributed by atoms with Crippen molar-refractivity contribution in [3.63, 3.8) is 0 Å². The van der Waals surface area contributed by atoms with E-state index in [0.29, 0.717) is 5.15 Å². The highest BCUT2D eigenvalue weighted by Gasteiger charge is 2.46. The predicted molar refractivity (Wildman–Crippen MR) is 54.9 cm³/mol. The molecular weight excluding hydrogens is 253 g/mol. The van der Waals surface area contributed by atoms with Gasteiger partial charge in [0.05, 0.1) is 12.3 Å². The zero-order valence-corrected chi connectivity index (χ0v) is 9.27. The number of nitrogens with zero attached hydrogens (tertiary/aromatic N) is 1. The second kappa shape index (κ2) is 3.23. The van der Waals surface area contributed by atoms with Crippen LogP contribution in [0, 0.1) is 0 Å². The van der Waals surface area contributed by atoms with Gasteiger partial charge in [-0.1, -0.05) is 11.6 Å². The molecular formula is C9H9BrClNO. The van der Waals surface area contributed by atoms with Crippen LogP contribution in [-0.4, -0.2) is 16.7 Å². The highest BCUT2D eigenvalue weighted by Crippen LogP contribution is 2.49. The van der Waals surface area contributed by atoms with Gasteiger partial charge in [-0.15, -0.1) is 0 Å². The van der Waals surface area contributed by atoms with Crippen LogP contribution in [0.2, 0.25) is 5.15 Å². The molecule has 1 aromatic rings. The Hall–Kier alpha value is -0.120. The van der Waals surface area contributed by atoms with Crippen molar-refractivity contribution in [3.8, 4) is 0 Å². The quantitative estimate of drug-likeness (QED) is 0.831. The maximum absolute atomic E-state index is 9.22. The molecule has 2 rings (SSSR count). The molecule has 0 unspecified atom stereocenters. The molecule has 1 heterocycles. The molecule has 0 aliphatic heterocycles. The summed E-state index contributed by atoms with van der Waals surface area (Å²) in [5.74, 6) is 0. The van der Waals surface area contributed by atoms with Crippen LogP contribution in [0.15, 0.2) is 16.6 Å². The Morgan fingerprint density at radius 2 is 2.23 bits per heavy atom. The van der Waals surface area contributed by atoms with E-state index < -0.39 is 0 Å². The zero-order valence-electron chi connectivity index (χ0n) is 6.93. The van der Waals surface area contributed by atoms with E-state index in [4.69, 9.17) is 11.6 Å². The van der Waals surface area contributed by atoms with E-state index in [0.717, 1.165) is 23.0 Å². The van der Waals surface area contributed by atoms with Gasteiger partial charge in [-0.2, -0.15) is 0 Å². The topological polar surface area (TPSA) is 33.1 Å². The molecule has 0 bridgehead atoms. The molecule has 1 N–H and O–H groups in total. The molecule has 1 fully saturated rings. The van der Waals surface area contributed by atoms with Crippen LogP contribution in [0.4, 0.5) is 0 Å². The van der Waals surface area contributed by atoms with Crippen molar-refractivity contribution in [1.29, 1.82) is 0 Å². The molecule has 13 heavy (non-hydrogen) atoms. The Kier molecular flexibility index (Phi) is 2.34. The summed E-state index contributed by atoms with van der Waals surface area (Å²) in [6.07, 6.45) is 1.99. The summed E-state index contributed by atoms with van der Waals surface area (Å²) in [5, 5.41) is 9.71. The third-order valence-corrected chi connectivity index (χ3v) is 3.32. The maximum atomic E-state index is 9.22. The molecule has 0 spiro atoms. The van der Waals surface area contributed by atoms with E-state index in [9.17, 15) is 5.11 Å². The highest BCUT2D eigenvalue weighted by atomic mass is 79.9. The Morgan fingerprint density at radius 3 is 2.77 bits per heavy atom. The molecule has 0 saturated heterocycles. The summed E-state index contributed by atoms with van der Waals surface area (Å²) in [4.78, 5) is 4.24. The summed E-state index contributed by atoms with van der Waals surface area (Å²) < 4.78 is 0.934. The van der Waals surface area contributed by atoms with Gasteiger partial charge in [0.25, 0.3) is 0 Å². The van der Waals surface area contributed by atoms with Gasteiger partial charge < -0.3 is 5.11 Å². The number of halogens is 2. The first kappa shape index (κ1) is 9.44. The minimum absolute atomic E-state index is 0.121. The molecule has 1 aliphatic rings. The summed E-state index contributed by atoms with van der Waals surface area (Å²) in [5.41, 5.74) is 0.770. The predicted octanol–water partition coefficient (Wildman–Crippen LogP) is 2.52. The van der Waals surface area contributed by atoms with E-state index in [1.165, 1.54) is 0 Å². The molecule has 70 valence electrons. The fourth-order valence-corrected chi connectivity index (χ4v) is 2.20. The highest BCUT2D eigenvalue weighted by molar-refractivity contribution is 9.10. The Labute approximate surface area is 90.1 Å². The summed E-state index contributed by atoms with van der Waals surface area (Å²) in [6.45, 7) is 0.152. The average Bonchev–Trinajstić information content (AvgIpc) is 2.90. The molecule has 2 nitrogen and oxygen atoms in total. The number of aliphatic hydroxyl groups is 1. The Bertz CT molecular complexity index is 338. The number of hydrogen-bond donors (Lipinski definition) is 1. The van der Waals surface area contributed by atoms with Gasteiger partial charge in [-0.25, -0.2) is 4.98 Å². The third kappa shape index (κ3) is 1.60. The van der Waals surface area contributed by atoms with Crippen LogP contribution in [-0.2, 0) is 5.41 Å². The molecule has 0 atom stereocenters. The molecule has 1 aromatic heterocycles. The van der Waals surface area contributed by atoms with E-state index in [-0.39, 0.29) is 12.0 Å². The smallest absolute Gasteiger partial charge is 0.129 e. The maximum Gasteiger partial charge on any atom is 0.129 e. The van der Waals surface area contributed by atoms with Gasteiger partial charge in [0, 0.05) is 9.89 Å². The number of aromatic nitrogens is 1. The normalized spacial score (nSPS) is 18.7. The van der Waals surface area contributed by atoms with Gasteiger partial charge in [-0.05, 0) is 40.9 Å². The van der Waals surface area contributed by atoms with Crippen molar-refractivity contribution in [2.45, 2.75) is 18.3 Å². The van der Waals surface area contributed by atoms with Gasteiger partial charge in [0.1, 0.15) is 5.15 Å². The molecule has 4 heteroatoms. The Morgan fingerprint density at radius 1 is 1.54 bits per heavy atom. The summed E-state index contributed by atoms with van der Waals surface area (Å²) in [7, 11) is 0. The van der Waals surface area contributed by atoms with Crippen LogP contribution in [0.3, 0.4) is 0 Å². The molecule has 1 aliphatic carbocycles. The van der Waals surface area contributed by atoms with Crippen LogP contribution in [0.1, 0.15) is 18.5 Å². The van der Waals surface area contributed by atoms with Gasteiger partial charge in [0.2, 0.25) is 0 Å². The van der Waals surface area contributed by atoms with Gasteiger partial charge >= 0.3 is 0 Å². The second-order valence-corrected chi connectivity index (χ2v) is 4.64. The lowest BCUT2D eigenvalue weighted by Gasteiger charge is -2.12. The van der Waals surface area contributed by atoms with E-state index in [2.05, 4.69) is 20.9 Å². The molecule has 0 aromatic carbocycles. The van der Waals surface area contributed by atoms with E-state index >= 15 is 0 Å². The monoisotopic (exact) mass is 261 g/mol. The number of pyridine rings is 1. The average molecular weight is 263 g/mol. The van der Waals surface area contributed by atoms with Crippen LogP contribution < -0.4 is 0 Å². The van der Waals surface area contributed by atoms with Crippen molar-refractivity contribution in [1.82, 2.24) is 4.98 Å². The fourth-order valence-electron chi connectivity index (χ4n) is 1.41. The first-order valence-corrected chi connectivity index (χ1v) is 5.28. The molecule has 0 radical (unpaired) electrons. The van der Waals surface area contributed by atoms with Crippen LogP contribution in [0.25, 0.3) is 0 Å². The summed E-state index contributed by atoms with van der Waals surface area (Å²) in [6, 6.07) is 3.61. The van der Waals surface area contributed by atoms with E-state index in [1.807, 2.05) is 6.07 Å². The second-order valence-electron chi connectivity index (χ2n) is 3.40. The largest absolute Gasteiger partial charge is 0.395 e. The fraction of sp³-hybridized carbons (Fsp3) is 0.444. The number of aliphatic hydroxyl groups excluding tert-OH is 1. The van der Waals surface area contributed by atoms with Gasteiger partial charge in [0.15, 0.2) is 0 Å². The number of rotatable bonds is 2. The van der Waals surface area contributed by atoms with E-state index in [1.54, 1.807) is 6.07 Å². The lowest BCUT2D eigenvalue weighted by Crippen LogP contribution is -2.14. The third-order valence-electron chi connectivity index (χ3n) is 2.47. The van der Waals surface area contributed by atoms with Crippen molar-refractivity contribution in [2.24, 2.45) is 0 Å². The first-order chi connectivity index (χ1) is 6.18. The molecule has 1 saturated carbocycles. The first-order valence-electron chi connectivity index (χ1n) is 4.11. The van der Waals surface area contributed by atoms with Crippen LogP contribution in [0.5, 0.6) is 0 Å². The van der Waals surface area contributed by atoms with Crippen molar-refractivity contribution in [2.75, 3.05) is 6.61 Å². The summed E-state index contributed by atoms with van der Waals surface area (Å²) >= 11 is 9.21. The zero-order chi connectivity index (χ0) is 9.47. The Balaban J connectivity index is 2.44. The minimum atomic E-state index is -0.121. The standard InChI is InChI=1S/C9H9BrClNO/c10-6-1-2-7(11)12-8(6)9(5-13)3-4-9/h1-2,13H,3-5H2. The molecule has 0 amide bonds. The number of hydrogen-bond acceptors (Lipinski definition) is 2. The van der Waals surface area contributed by atoms with Crippen LogP contribution >= 0.6 is 27.5 Å². The van der Waals surface area contributed by atoms with Crippen molar-refractivity contribution in [3.05, 3.63) is 27.5 Å². The lowest BCUT2D eigenvalue weighted by atomic mass is 10.0. The lowest BCUT2D eigenvalue weighted by molar-refractivity contribution is 0.252. The van der Waals surface area contributed by atoms with Gasteiger partial charge in [-0.3, -0.25) is 0 Å². The van der Waals surface area contributed by atoms with Crippen molar-refractivity contribution >= 4 is 27.5 Å².